The first-order valence-corrected chi connectivity index (χ1v) is 11.6. The summed E-state index contributed by atoms with van der Waals surface area (Å²) in [7, 11) is 3.11. The van der Waals surface area contributed by atoms with Gasteiger partial charge in [-0.15, -0.1) is 0 Å². The maximum Gasteiger partial charge on any atom is 0.253 e. The molecule has 1 saturated heterocycles. The number of amides is 2. The molecule has 35 heavy (non-hydrogen) atoms. The second-order valence-electron chi connectivity index (χ2n) is 8.36. The highest BCUT2D eigenvalue weighted by Gasteiger charge is 2.42. The number of nitrogens with zero attached hydrogens (tertiary/aromatic N) is 1. The third-order valence-corrected chi connectivity index (χ3v) is 6.50. The first kappa shape index (κ1) is 24.5. The Labute approximate surface area is 208 Å². The number of methoxy groups -OCH3 is 2. The fourth-order valence-corrected chi connectivity index (χ4v) is 4.58. The van der Waals surface area contributed by atoms with Crippen LogP contribution >= 0.6 is 11.6 Å². The molecular formula is C27H26ClFN2O4. The van der Waals surface area contributed by atoms with E-state index in [9.17, 15) is 14.0 Å². The van der Waals surface area contributed by atoms with Gasteiger partial charge in [-0.3, -0.25) is 9.59 Å². The summed E-state index contributed by atoms with van der Waals surface area (Å²) >= 11 is 5.98. The summed E-state index contributed by atoms with van der Waals surface area (Å²) in [6.07, 6.45) is 0. The van der Waals surface area contributed by atoms with Crippen molar-refractivity contribution in [2.75, 3.05) is 27.3 Å². The van der Waals surface area contributed by atoms with Gasteiger partial charge in [-0.2, -0.15) is 0 Å². The van der Waals surface area contributed by atoms with E-state index in [2.05, 4.69) is 5.32 Å². The van der Waals surface area contributed by atoms with Crippen LogP contribution in [0, 0.1) is 11.7 Å². The number of benzene rings is 3. The van der Waals surface area contributed by atoms with Gasteiger partial charge in [0.1, 0.15) is 5.82 Å². The molecule has 2 atom stereocenters. The number of hydrogen-bond acceptors (Lipinski definition) is 4. The van der Waals surface area contributed by atoms with Gasteiger partial charge < -0.3 is 19.7 Å². The molecule has 6 nitrogen and oxygen atoms in total. The van der Waals surface area contributed by atoms with Crippen LogP contribution in [0.2, 0.25) is 5.02 Å². The predicted octanol–water partition coefficient (Wildman–Crippen LogP) is 4.67. The van der Waals surface area contributed by atoms with Gasteiger partial charge in [0, 0.05) is 41.7 Å². The number of halogens is 2. The molecule has 1 N–H and O–H groups in total. The molecule has 1 heterocycles. The molecule has 0 saturated carbocycles. The molecule has 0 radical (unpaired) electrons. The van der Waals surface area contributed by atoms with Crippen LogP contribution in [-0.4, -0.2) is 44.0 Å². The Bertz CT molecular complexity index is 1200. The Kier molecular flexibility index (Phi) is 7.56. The summed E-state index contributed by atoms with van der Waals surface area (Å²) in [5.41, 5.74) is 2.07. The molecule has 0 aromatic heterocycles. The molecule has 1 aliphatic rings. The van der Waals surface area contributed by atoms with Gasteiger partial charge in [0.15, 0.2) is 11.5 Å². The zero-order chi connectivity index (χ0) is 24.9. The molecule has 182 valence electrons. The number of carbonyl (C=O) groups excluding carboxylic acids is 2. The monoisotopic (exact) mass is 496 g/mol. The summed E-state index contributed by atoms with van der Waals surface area (Å²) in [4.78, 5) is 28.3. The molecule has 0 spiro atoms. The van der Waals surface area contributed by atoms with Crippen molar-refractivity contribution in [3.63, 3.8) is 0 Å². The van der Waals surface area contributed by atoms with Gasteiger partial charge in [0.2, 0.25) is 5.91 Å². The molecule has 1 aliphatic heterocycles. The molecular weight excluding hydrogens is 471 g/mol. The van der Waals surface area contributed by atoms with E-state index < -0.39 is 5.92 Å². The predicted molar refractivity (Wildman–Crippen MR) is 131 cm³/mol. The largest absolute Gasteiger partial charge is 0.493 e. The smallest absolute Gasteiger partial charge is 0.253 e. The van der Waals surface area contributed by atoms with Crippen molar-refractivity contribution >= 4 is 23.4 Å². The molecule has 1 fully saturated rings. The maximum atomic E-state index is 13.4. The first-order chi connectivity index (χ1) is 16.9. The molecule has 2 amide bonds. The van der Waals surface area contributed by atoms with Crippen molar-refractivity contribution in [3.05, 3.63) is 94.3 Å². The summed E-state index contributed by atoms with van der Waals surface area (Å²) in [5.74, 6) is -0.456. The van der Waals surface area contributed by atoms with Crippen molar-refractivity contribution in [1.29, 1.82) is 0 Å². The Morgan fingerprint density at radius 2 is 1.71 bits per heavy atom. The van der Waals surface area contributed by atoms with Gasteiger partial charge in [0.05, 0.1) is 20.1 Å². The Morgan fingerprint density at radius 3 is 2.37 bits per heavy atom. The van der Waals surface area contributed by atoms with Crippen LogP contribution in [-0.2, 0) is 11.3 Å². The number of nitrogens with one attached hydrogen (secondary N) is 1. The second-order valence-corrected chi connectivity index (χ2v) is 8.79. The fourth-order valence-electron chi connectivity index (χ4n) is 4.45. The number of rotatable bonds is 7. The van der Waals surface area contributed by atoms with E-state index >= 15 is 0 Å². The van der Waals surface area contributed by atoms with Crippen molar-refractivity contribution in [2.45, 2.75) is 12.5 Å². The molecule has 3 aromatic carbocycles. The highest BCUT2D eigenvalue weighted by molar-refractivity contribution is 6.30. The van der Waals surface area contributed by atoms with E-state index in [1.165, 1.54) is 12.1 Å². The standard InChI is InChI=1S/C27H26ClFN2O4/c1-34-24-5-3-4-21(25(24)35-2)22-15-31(27(33)18-8-10-19(28)11-9-18)16-23(22)26(32)30-14-17-6-12-20(29)13-7-17/h3-13,22-23H,14-16H2,1-2H3,(H,30,32)/t22-,23-/m0/s1. The number of ether oxygens (including phenoxy) is 2. The number of carbonyl (C=O) groups is 2. The molecule has 3 aromatic rings. The lowest BCUT2D eigenvalue weighted by atomic mass is 9.87. The van der Waals surface area contributed by atoms with Crippen molar-refractivity contribution in [1.82, 2.24) is 10.2 Å². The molecule has 0 unspecified atom stereocenters. The lowest BCUT2D eigenvalue weighted by molar-refractivity contribution is -0.125. The fraction of sp³-hybridized carbons (Fsp3) is 0.259. The minimum Gasteiger partial charge on any atom is -0.493 e. The quantitative estimate of drug-likeness (QED) is 0.516. The second kappa shape index (κ2) is 10.8. The summed E-state index contributed by atoms with van der Waals surface area (Å²) < 4.78 is 24.3. The highest BCUT2D eigenvalue weighted by atomic mass is 35.5. The van der Waals surface area contributed by atoms with Crippen LogP contribution in [0.15, 0.2) is 66.7 Å². The zero-order valence-corrected chi connectivity index (χ0v) is 20.2. The third-order valence-electron chi connectivity index (χ3n) is 6.25. The van der Waals surface area contributed by atoms with E-state index in [0.717, 1.165) is 11.1 Å². The minimum atomic E-state index is -0.521. The molecule has 8 heteroatoms. The van der Waals surface area contributed by atoms with Crippen LogP contribution in [0.25, 0.3) is 0 Å². The first-order valence-electron chi connectivity index (χ1n) is 11.2. The summed E-state index contributed by atoms with van der Waals surface area (Å²) in [6.45, 7) is 0.823. The van der Waals surface area contributed by atoms with Crippen molar-refractivity contribution in [2.24, 2.45) is 5.92 Å². The average molecular weight is 497 g/mol. The van der Waals surface area contributed by atoms with Gasteiger partial charge in [-0.1, -0.05) is 35.9 Å². The van der Waals surface area contributed by atoms with E-state index in [1.807, 2.05) is 12.1 Å². The average Bonchev–Trinajstić information content (AvgIpc) is 3.33. The SMILES string of the molecule is COc1cccc([C@@H]2CN(C(=O)c3ccc(Cl)cc3)C[C@@H]2C(=O)NCc2ccc(F)cc2)c1OC. The van der Waals surface area contributed by atoms with Crippen LogP contribution in [0.4, 0.5) is 4.39 Å². The minimum absolute atomic E-state index is 0.178. The topological polar surface area (TPSA) is 67.9 Å². The van der Waals surface area contributed by atoms with E-state index in [0.29, 0.717) is 28.6 Å². The van der Waals surface area contributed by atoms with Crippen LogP contribution in [0.5, 0.6) is 11.5 Å². The van der Waals surface area contributed by atoms with Gasteiger partial charge in [0.25, 0.3) is 5.91 Å². The van der Waals surface area contributed by atoms with E-state index in [-0.39, 0.29) is 36.6 Å². The van der Waals surface area contributed by atoms with Crippen LogP contribution in [0.1, 0.15) is 27.4 Å². The van der Waals surface area contributed by atoms with Gasteiger partial charge >= 0.3 is 0 Å². The highest BCUT2D eigenvalue weighted by Crippen LogP contribution is 2.42. The van der Waals surface area contributed by atoms with Gasteiger partial charge in [-0.25, -0.2) is 4.39 Å². The lowest BCUT2D eigenvalue weighted by Gasteiger charge is -2.21. The molecule has 4 rings (SSSR count). The van der Waals surface area contributed by atoms with Crippen molar-refractivity contribution in [3.8, 4) is 11.5 Å². The van der Waals surface area contributed by atoms with Crippen molar-refractivity contribution < 1.29 is 23.5 Å². The normalized spacial score (nSPS) is 17.2. The van der Waals surface area contributed by atoms with Crippen LogP contribution in [0.3, 0.4) is 0 Å². The zero-order valence-electron chi connectivity index (χ0n) is 19.5. The van der Waals surface area contributed by atoms with Gasteiger partial charge in [-0.05, 0) is 48.0 Å². The van der Waals surface area contributed by atoms with E-state index in [4.69, 9.17) is 21.1 Å². The van der Waals surface area contributed by atoms with Crippen LogP contribution < -0.4 is 14.8 Å². The molecule has 0 aliphatic carbocycles. The number of likely N-dealkylation sites (tertiary alicyclic amines) is 1. The molecule has 0 bridgehead atoms. The Morgan fingerprint density at radius 1 is 1.00 bits per heavy atom. The Hall–Kier alpha value is -3.58. The number of para-hydroxylation sites is 1. The van der Waals surface area contributed by atoms with E-state index in [1.54, 1.807) is 61.6 Å². The Balaban J connectivity index is 1.61. The lowest BCUT2D eigenvalue weighted by Crippen LogP contribution is -2.35. The number of hydrogen-bond donors (Lipinski definition) is 1. The maximum absolute atomic E-state index is 13.4. The summed E-state index contributed by atoms with van der Waals surface area (Å²) in [5, 5.41) is 3.49. The third kappa shape index (κ3) is 5.41. The summed E-state index contributed by atoms with van der Waals surface area (Å²) in [6, 6.07) is 18.2.